The van der Waals surface area contributed by atoms with Crippen LogP contribution in [0, 0.1) is 0 Å². The van der Waals surface area contributed by atoms with E-state index in [-0.39, 0.29) is 5.91 Å². The molecule has 1 fully saturated rings. The fourth-order valence-corrected chi connectivity index (χ4v) is 3.14. The van der Waals surface area contributed by atoms with E-state index in [0.29, 0.717) is 26.2 Å². The number of rotatable bonds is 8. The second kappa shape index (κ2) is 8.60. The van der Waals surface area contributed by atoms with Gasteiger partial charge in [0.05, 0.1) is 26.2 Å². The molecule has 0 aliphatic carbocycles. The minimum atomic E-state index is -0.587. The third-order valence-electron chi connectivity index (χ3n) is 4.34. The second-order valence-electron chi connectivity index (χ2n) is 6.68. The maximum absolute atomic E-state index is 12.2. The van der Waals surface area contributed by atoms with Crippen LogP contribution in [0.5, 0.6) is 0 Å². The van der Waals surface area contributed by atoms with E-state index < -0.39 is 5.60 Å². The molecule has 1 aromatic rings. The molecular weight excluding hydrogens is 308 g/mol. The topological polar surface area (TPSA) is 59.8 Å². The molecule has 0 bridgehead atoms. The van der Waals surface area contributed by atoms with Gasteiger partial charge in [-0.05, 0) is 6.42 Å². The van der Waals surface area contributed by atoms with Gasteiger partial charge in [-0.1, -0.05) is 6.92 Å². The molecule has 0 N–H and O–H groups in total. The van der Waals surface area contributed by atoms with Crippen molar-refractivity contribution in [2.24, 2.45) is 0 Å². The molecule has 1 amide bonds. The third kappa shape index (κ3) is 4.78. The number of aromatic nitrogens is 2. The predicted octanol–water partition coefficient (Wildman–Crippen LogP) is 0.989. The molecule has 0 radical (unpaired) electrons. The molecule has 0 saturated carbocycles. The Balaban J connectivity index is 2.06. The SMILES string of the molecule is CCCn1ccnc1CN1CCO[C@@](COC)(CC(=O)N(C)C)C1. The van der Waals surface area contributed by atoms with Crippen molar-refractivity contribution in [3.8, 4) is 0 Å². The largest absolute Gasteiger partial charge is 0.382 e. The molecule has 2 heterocycles. The summed E-state index contributed by atoms with van der Waals surface area (Å²) in [5.41, 5.74) is -0.587. The summed E-state index contributed by atoms with van der Waals surface area (Å²) in [6, 6.07) is 0. The number of imidazole rings is 1. The maximum Gasteiger partial charge on any atom is 0.225 e. The van der Waals surface area contributed by atoms with E-state index in [1.807, 2.05) is 12.4 Å². The number of ether oxygens (including phenoxy) is 2. The van der Waals surface area contributed by atoms with Crippen LogP contribution in [0.15, 0.2) is 12.4 Å². The first-order chi connectivity index (χ1) is 11.5. The van der Waals surface area contributed by atoms with Gasteiger partial charge < -0.3 is 18.9 Å². The van der Waals surface area contributed by atoms with Crippen LogP contribution < -0.4 is 0 Å². The average Bonchev–Trinajstić information content (AvgIpc) is 2.95. The van der Waals surface area contributed by atoms with Crippen molar-refractivity contribution in [2.45, 2.75) is 38.5 Å². The van der Waals surface area contributed by atoms with Crippen molar-refractivity contribution in [1.82, 2.24) is 19.4 Å². The molecule has 0 spiro atoms. The van der Waals surface area contributed by atoms with Gasteiger partial charge in [0, 0.05) is 53.2 Å². The summed E-state index contributed by atoms with van der Waals surface area (Å²) < 4.78 is 13.6. The van der Waals surface area contributed by atoms with E-state index in [1.165, 1.54) is 0 Å². The molecule has 0 unspecified atom stereocenters. The Kier molecular flexibility index (Phi) is 6.77. The number of carbonyl (C=O) groups is 1. The zero-order chi connectivity index (χ0) is 17.6. The highest BCUT2D eigenvalue weighted by atomic mass is 16.5. The lowest BCUT2D eigenvalue weighted by molar-refractivity contribution is -0.160. The Hall–Kier alpha value is -1.44. The van der Waals surface area contributed by atoms with E-state index in [9.17, 15) is 4.79 Å². The van der Waals surface area contributed by atoms with Crippen LogP contribution >= 0.6 is 0 Å². The first-order valence-corrected chi connectivity index (χ1v) is 8.55. The number of hydrogen-bond acceptors (Lipinski definition) is 5. The highest BCUT2D eigenvalue weighted by Crippen LogP contribution is 2.24. The fraction of sp³-hybridized carbons (Fsp3) is 0.765. The molecule has 1 aliphatic heterocycles. The van der Waals surface area contributed by atoms with Crippen LogP contribution in [0.4, 0.5) is 0 Å². The summed E-state index contributed by atoms with van der Waals surface area (Å²) in [4.78, 5) is 20.6. The molecule has 136 valence electrons. The summed E-state index contributed by atoms with van der Waals surface area (Å²) in [6.07, 6.45) is 5.28. The number of aryl methyl sites for hydroxylation is 1. The number of morpholine rings is 1. The van der Waals surface area contributed by atoms with Crippen LogP contribution in [0.1, 0.15) is 25.6 Å². The highest BCUT2D eigenvalue weighted by Gasteiger charge is 2.39. The van der Waals surface area contributed by atoms with Crippen molar-refractivity contribution in [3.63, 3.8) is 0 Å². The van der Waals surface area contributed by atoms with Gasteiger partial charge in [0.15, 0.2) is 0 Å². The minimum Gasteiger partial charge on any atom is -0.382 e. The van der Waals surface area contributed by atoms with Crippen molar-refractivity contribution >= 4 is 5.91 Å². The first-order valence-electron chi connectivity index (χ1n) is 8.55. The standard InChI is InChI=1S/C17H30N4O3/c1-5-7-21-8-6-18-15(21)12-20-9-10-24-17(13-20,14-23-4)11-16(22)19(2)3/h6,8H,5,7,9-14H2,1-4H3/t17-/m0/s1. The number of hydrogen-bond donors (Lipinski definition) is 0. The number of methoxy groups -OCH3 is 1. The summed E-state index contributed by atoms with van der Waals surface area (Å²) >= 11 is 0. The van der Waals surface area contributed by atoms with Crippen molar-refractivity contribution in [2.75, 3.05) is 47.5 Å². The lowest BCUT2D eigenvalue weighted by atomic mass is 9.97. The van der Waals surface area contributed by atoms with Crippen LogP contribution in [-0.2, 0) is 27.4 Å². The lowest BCUT2D eigenvalue weighted by Gasteiger charge is -2.42. The van der Waals surface area contributed by atoms with Gasteiger partial charge in [0.2, 0.25) is 5.91 Å². The molecule has 1 saturated heterocycles. The van der Waals surface area contributed by atoms with Crippen LogP contribution in [0.2, 0.25) is 0 Å². The number of amides is 1. The van der Waals surface area contributed by atoms with E-state index in [1.54, 1.807) is 26.1 Å². The Morgan fingerprint density at radius 2 is 2.29 bits per heavy atom. The summed E-state index contributed by atoms with van der Waals surface area (Å²) in [5, 5.41) is 0. The van der Waals surface area contributed by atoms with E-state index in [0.717, 1.165) is 31.9 Å². The van der Waals surface area contributed by atoms with Crippen LogP contribution in [0.25, 0.3) is 0 Å². The monoisotopic (exact) mass is 338 g/mol. The zero-order valence-electron chi connectivity index (χ0n) is 15.3. The van der Waals surface area contributed by atoms with E-state index in [4.69, 9.17) is 9.47 Å². The number of carbonyl (C=O) groups excluding carboxylic acids is 1. The Labute approximate surface area is 144 Å². The second-order valence-corrected chi connectivity index (χ2v) is 6.68. The molecule has 1 aromatic heterocycles. The van der Waals surface area contributed by atoms with Gasteiger partial charge in [-0.25, -0.2) is 4.98 Å². The van der Waals surface area contributed by atoms with Gasteiger partial charge in [-0.15, -0.1) is 0 Å². The molecule has 0 aromatic carbocycles. The lowest BCUT2D eigenvalue weighted by Crippen LogP contribution is -2.56. The van der Waals surface area contributed by atoms with Crippen LogP contribution in [0.3, 0.4) is 0 Å². The smallest absolute Gasteiger partial charge is 0.225 e. The van der Waals surface area contributed by atoms with Crippen molar-refractivity contribution in [3.05, 3.63) is 18.2 Å². The molecule has 7 nitrogen and oxygen atoms in total. The minimum absolute atomic E-state index is 0.0568. The van der Waals surface area contributed by atoms with Crippen molar-refractivity contribution < 1.29 is 14.3 Å². The van der Waals surface area contributed by atoms with Crippen molar-refractivity contribution in [1.29, 1.82) is 0 Å². The fourth-order valence-electron chi connectivity index (χ4n) is 3.14. The highest BCUT2D eigenvalue weighted by molar-refractivity contribution is 5.76. The molecule has 2 rings (SSSR count). The summed E-state index contributed by atoms with van der Waals surface area (Å²) in [7, 11) is 5.19. The van der Waals surface area contributed by atoms with Gasteiger partial charge in [0.25, 0.3) is 0 Å². The quantitative estimate of drug-likeness (QED) is 0.707. The normalized spacial score (nSPS) is 21.8. The molecule has 24 heavy (non-hydrogen) atoms. The van der Waals surface area contributed by atoms with Gasteiger partial charge in [-0.2, -0.15) is 0 Å². The third-order valence-corrected chi connectivity index (χ3v) is 4.34. The molecule has 1 atom stereocenters. The Morgan fingerprint density at radius 3 is 2.96 bits per heavy atom. The molecular formula is C17H30N4O3. The van der Waals surface area contributed by atoms with E-state index >= 15 is 0 Å². The molecule has 1 aliphatic rings. The van der Waals surface area contributed by atoms with E-state index in [2.05, 4.69) is 21.4 Å². The zero-order valence-corrected chi connectivity index (χ0v) is 15.3. The first kappa shape index (κ1) is 18.9. The Bertz CT molecular complexity index is 528. The van der Waals surface area contributed by atoms with Crippen LogP contribution in [-0.4, -0.2) is 78.4 Å². The Morgan fingerprint density at radius 1 is 1.50 bits per heavy atom. The summed E-state index contributed by atoms with van der Waals surface area (Å²) in [5.74, 6) is 1.12. The molecule has 7 heteroatoms. The summed E-state index contributed by atoms with van der Waals surface area (Å²) in [6.45, 7) is 6.40. The van der Waals surface area contributed by atoms with Gasteiger partial charge in [0.1, 0.15) is 11.4 Å². The number of nitrogens with zero attached hydrogens (tertiary/aromatic N) is 4. The average molecular weight is 338 g/mol. The maximum atomic E-state index is 12.2. The van der Waals surface area contributed by atoms with Gasteiger partial charge >= 0.3 is 0 Å². The van der Waals surface area contributed by atoms with Gasteiger partial charge in [-0.3, -0.25) is 9.69 Å². The predicted molar refractivity (Wildman–Crippen MR) is 91.7 cm³/mol.